The van der Waals surface area contributed by atoms with E-state index in [1.165, 1.54) is 18.5 Å². The van der Waals surface area contributed by atoms with Crippen LogP contribution in [0.25, 0.3) is 0 Å². The van der Waals surface area contributed by atoms with Crippen LogP contribution in [0.1, 0.15) is 64.6 Å². The van der Waals surface area contributed by atoms with Crippen LogP contribution >= 0.6 is 0 Å². The highest BCUT2D eigenvalue weighted by atomic mass is 15.3. The molecule has 1 fully saturated rings. The molecule has 1 aliphatic rings. The molecule has 1 heterocycles. The van der Waals surface area contributed by atoms with Crippen molar-refractivity contribution >= 4 is 0 Å². The highest BCUT2D eigenvalue weighted by molar-refractivity contribution is 5.13. The lowest BCUT2D eigenvalue weighted by molar-refractivity contribution is 0.225. The third-order valence-electron chi connectivity index (χ3n) is 4.46. The fourth-order valence-corrected chi connectivity index (χ4v) is 3.22. The van der Waals surface area contributed by atoms with Crippen molar-refractivity contribution in [1.82, 2.24) is 9.78 Å². The van der Waals surface area contributed by atoms with Gasteiger partial charge in [-0.15, -0.1) is 0 Å². The van der Waals surface area contributed by atoms with Gasteiger partial charge in [0, 0.05) is 29.9 Å². The van der Waals surface area contributed by atoms with Crippen LogP contribution in [0.15, 0.2) is 12.3 Å². The maximum absolute atomic E-state index is 6.36. The minimum atomic E-state index is 0.300. The van der Waals surface area contributed by atoms with E-state index in [-0.39, 0.29) is 0 Å². The van der Waals surface area contributed by atoms with Gasteiger partial charge in [-0.2, -0.15) is 5.10 Å². The van der Waals surface area contributed by atoms with E-state index in [0.717, 1.165) is 18.3 Å². The number of hydrogen-bond acceptors (Lipinski definition) is 2. The van der Waals surface area contributed by atoms with E-state index in [2.05, 4.69) is 43.5 Å². The zero-order chi connectivity index (χ0) is 13.3. The zero-order valence-corrected chi connectivity index (χ0v) is 12.1. The Hall–Kier alpha value is -0.830. The summed E-state index contributed by atoms with van der Waals surface area (Å²) < 4.78 is 2.15. The molecule has 3 unspecified atom stereocenters. The lowest BCUT2D eigenvalue weighted by atomic mass is 9.72. The average Bonchev–Trinajstić information content (AvgIpc) is 2.78. The van der Waals surface area contributed by atoms with Gasteiger partial charge in [0.15, 0.2) is 0 Å². The Morgan fingerprint density at radius 2 is 2.00 bits per heavy atom. The first kappa shape index (κ1) is 13.6. The van der Waals surface area contributed by atoms with Crippen molar-refractivity contribution in [2.24, 2.45) is 17.6 Å². The molecule has 1 aliphatic carbocycles. The molecule has 3 nitrogen and oxygen atoms in total. The summed E-state index contributed by atoms with van der Waals surface area (Å²) in [6.07, 6.45) is 5.57. The van der Waals surface area contributed by atoms with E-state index < -0.39 is 0 Å². The smallest absolute Gasteiger partial charge is 0.0492 e. The molecule has 0 saturated heterocycles. The summed E-state index contributed by atoms with van der Waals surface area (Å²) in [5, 5.41) is 4.46. The Morgan fingerprint density at radius 3 is 2.61 bits per heavy atom. The molecule has 3 heteroatoms. The molecule has 2 rings (SSSR count). The molecule has 102 valence electrons. The summed E-state index contributed by atoms with van der Waals surface area (Å²) in [6, 6.07) is 2.88. The predicted octanol–water partition coefficient (Wildman–Crippen LogP) is 3.33. The predicted molar refractivity (Wildman–Crippen MR) is 75.5 cm³/mol. The third kappa shape index (κ3) is 2.61. The molecular weight excluding hydrogens is 222 g/mol. The molecule has 1 aromatic heterocycles. The first-order chi connectivity index (χ1) is 8.50. The fourth-order valence-electron chi connectivity index (χ4n) is 3.22. The quantitative estimate of drug-likeness (QED) is 0.893. The first-order valence-corrected chi connectivity index (χ1v) is 7.29. The molecular formula is C15H27N3. The Morgan fingerprint density at radius 1 is 1.28 bits per heavy atom. The van der Waals surface area contributed by atoms with Crippen molar-refractivity contribution in [2.45, 2.75) is 65.0 Å². The van der Waals surface area contributed by atoms with Gasteiger partial charge in [0.2, 0.25) is 0 Å². The topological polar surface area (TPSA) is 43.8 Å². The van der Waals surface area contributed by atoms with Crippen LogP contribution in [0.5, 0.6) is 0 Å². The Labute approximate surface area is 111 Å². The summed E-state index contributed by atoms with van der Waals surface area (Å²) in [4.78, 5) is 0. The minimum absolute atomic E-state index is 0.300. The van der Waals surface area contributed by atoms with Crippen molar-refractivity contribution in [2.75, 3.05) is 0 Å². The van der Waals surface area contributed by atoms with Gasteiger partial charge in [-0.1, -0.05) is 13.8 Å². The average molecular weight is 249 g/mol. The maximum atomic E-state index is 6.36. The summed E-state index contributed by atoms with van der Waals surface area (Å²) in [5.41, 5.74) is 7.70. The van der Waals surface area contributed by atoms with Crippen molar-refractivity contribution < 1.29 is 0 Å². The molecule has 0 aliphatic heterocycles. The standard InChI is InChI=1S/C15H27N3/c1-10(2)12-5-6-14(16)13(9-12)15-7-8-17-18(15)11(3)4/h7-8,10-14H,5-6,9,16H2,1-4H3. The molecule has 0 aromatic carbocycles. The van der Waals surface area contributed by atoms with Crippen LogP contribution in [-0.2, 0) is 0 Å². The van der Waals surface area contributed by atoms with E-state index >= 15 is 0 Å². The molecule has 3 atom stereocenters. The van der Waals surface area contributed by atoms with Crippen molar-refractivity contribution in [3.8, 4) is 0 Å². The summed E-state index contributed by atoms with van der Waals surface area (Å²) >= 11 is 0. The minimum Gasteiger partial charge on any atom is -0.327 e. The van der Waals surface area contributed by atoms with Crippen molar-refractivity contribution in [3.63, 3.8) is 0 Å². The summed E-state index contributed by atoms with van der Waals surface area (Å²) in [6.45, 7) is 9.03. The van der Waals surface area contributed by atoms with Crippen molar-refractivity contribution in [1.29, 1.82) is 0 Å². The van der Waals surface area contributed by atoms with Gasteiger partial charge in [-0.25, -0.2) is 0 Å². The molecule has 0 amide bonds. The maximum Gasteiger partial charge on any atom is 0.0492 e. The second-order valence-corrected chi connectivity index (χ2v) is 6.38. The van der Waals surface area contributed by atoms with E-state index in [1.807, 2.05) is 6.20 Å². The van der Waals surface area contributed by atoms with Crippen LogP contribution in [-0.4, -0.2) is 15.8 Å². The van der Waals surface area contributed by atoms with Crippen molar-refractivity contribution in [3.05, 3.63) is 18.0 Å². The number of aromatic nitrogens is 2. The normalized spacial score (nSPS) is 29.2. The van der Waals surface area contributed by atoms with Crippen LogP contribution in [0, 0.1) is 11.8 Å². The highest BCUT2D eigenvalue weighted by Gasteiger charge is 2.32. The monoisotopic (exact) mass is 249 g/mol. The Balaban J connectivity index is 2.21. The van der Waals surface area contributed by atoms with E-state index in [1.54, 1.807) is 0 Å². The highest BCUT2D eigenvalue weighted by Crippen LogP contribution is 2.39. The number of hydrogen-bond donors (Lipinski definition) is 1. The molecule has 18 heavy (non-hydrogen) atoms. The fraction of sp³-hybridized carbons (Fsp3) is 0.800. The van der Waals surface area contributed by atoms with E-state index in [0.29, 0.717) is 18.0 Å². The van der Waals surface area contributed by atoms with Gasteiger partial charge in [0.1, 0.15) is 0 Å². The van der Waals surface area contributed by atoms with Gasteiger partial charge >= 0.3 is 0 Å². The zero-order valence-electron chi connectivity index (χ0n) is 12.1. The summed E-state index contributed by atoms with van der Waals surface area (Å²) in [7, 11) is 0. The van der Waals surface area contributed by atoms with Gasteiger partial charge < -0.3 is 5.73 Å². The lowest BCUT2D eigenvalue weighted by Crippen LogP contribution is -2.37. The second-order valence-electron chi connectivity index (χ2n) is 6.38. The van der Waals surface area contributed by atoms with Crippen LogP contribution in [0.4, 0.5) is 0 Å². The molecule has 0 bridgehead atoms. The van der Waals surface area contributed by atoms with Gasteiger partial charge in [-0.05, 0) is 51.0 Å². The van der Waals surface area contributed by atoms with Crippen LogP contribution < -0.4 is 5.73 Å². The Bertz CT molecular complexity index is 381. The lowest BCUT2D eigenvalue weighted by Gasteiger charge is -2.36. The van der Waals surface area contributed by atoms with Gasteiger partial charge in [-0.3, -0.25) is 4.68 Å². The van der Waals surface area contributed by atoms with E-state index in [9.17, 15) is 0 Å². The van der Waals surface area contributed by atoms with Gasteiger partial charge in [0.25, 0.3) is 0 Å². The number of nitrogens with two attached hydrogens (primary N) is 1. The summed E-state index contributed by atoms with van der Waals surface area (Å²) in [5.74, 6) is 2.05. The van der Waals surface area contributed by atoms with Crippen LogP contribution in [0.2, 0.25) is 0 Å². The molecule has 2 N–H and O–H groups in total. The number of rotatable bonds is 3. The molecule has 0 radical (unpaired) electrons. The van der Waals surface area contributed by atoms with Crippen LogP contribution in [0.3, 0.4) is 0 Å². The van der Waals surface area contributed by atoms with E-state index in [4.69, 9.17) is 5.73 Å². The SMILES string of the molecule is CC(C)C1CCC(N)C(c2ccnn2C(C)C)C1. The largest absolute Gasteiger partial charge is 0.327 e. The molecule has 1 aromatic rings. The molecule has 0 spiro atoms. The van der Waals surface area contributed by atoms with Gasteiger partial charge in [0.05, 0.1) is 0 Å². The Kier molecular flexibility index (Phi) is 4.10. The first-order valence-electron chi connectivity index (χ1n) is 7.29. The third-order valence-corrected chi connectivity index (χ3v) is 4.46. The molecule has 1 saturated carbocycles. The second kappa shape index (κ2) is 5.43. The number of nitrogens with zero attached hydrogens (tertiary/aromatic N) is 2.